The number of rotatable bonds is 8. The second kappa shape index (κ2) is 10.8. The van der Waals surface area contributed by atoms with Crippen LogP contribution in [0.5, 0.6) is 5.75 Å². The molecule has 0 bridgehead atoms. The number of anilines is 1. The summed E-state index contributed by atoms with van der Waals surface area (Å²) in [6.07, 6.45) is 2.81. The summed E-state index contributed by atoms with van der Waals surface area (Å²) >= 11 is 11.9. The van der Waals surface area contributed by atoms with Gasteiger partial charge in [-0.15, -0.1) is 0 Å². The molecule has 0 unspecified atom stereocenters. The van der Waals surface area contributed by atoms with Crippen molar-refractivity contribution >= 4 is 34.9 Å². The zero-order valence-corrected chi connectivity index (χ0v) is 18.0. The first-order valence-electron chi connectivity index (χ1n) is 9.47. The van der Waals surface area contributed by atoms with Crippen LogP contribution in [0.15, 0.2) is 60.8 Å². The molecule has 6 nitrogen and oxygen atoms in total. The lowest BCUT2D eigenvalue weighted by atomic mass is 10.1. The average Bonchev–Trinajstić information content (AvgIpc) is 2.76. The number of nitrogens with zero attached hydrogens (tertiary/aromatic N) is 3. The Bertz CT molecular complexity index is 969. The van der Waals surface area contributed by atoms with Crippen LogP contribution in [0, 0.1) is 0 Å². The van der Waals surface area contributed by atoms with Gasteiger partial charge in [-0.05, 0) is 54.3 Å². The van der Waals surface area contributed by atoms with Gasteiger partial charge in [0.2, 0.25) is 5.28 Å². The summed E-state index contributed by atoms with van der Waals surface area (Å²) in [6, 6.07) is 17.1. The van der Waals surface area contributed by atoms with E-state index in [0.717, 1.165) is 23.4 Å². The molecule has 1 aromatic heterocycles. The molecule has 0 radical (unpaired) electrons. The van der Waals surface area contributed by atoms with E-state index in [0.29, 0.717) is 19.5 Å². The first-order chi connectivity index (χ1) is 14.6. The van der Waals surface area contributed by atoms with Crippen LogP contribution in [0.3, 0.4) is 0 Å². The molecular formula is C22H22Cl2N4O2. The molecular weight excluding hydrogens is 423 g/mol. The van der Waals surface area contributed by atoms with Crippen LogP contribution in [0.25, 0.3) is 0 Å². The highest BCUT2D eigenvalue weighted by Gasteiger charge is 2.17. The third-order valence-corrected chi connectivity index (χ3v) is 5.06. The van der Waals surface area contributed by atoms with E-state index < -0.39 is 0 Å². The smallest absolute Gasteiger partial charge is 0.321 e. The number of ether oxygens (including phenoxy) is 1. The number of nitrogens with one attached hydrogen (secondary N) is 1. The summed E-state index contributed by atoms with van der Waals surface area (Å²) in [5.41, 5.74) is 2.63. The van der Waals surface area contributed by atoms with Crippen LogP contribution in [0.2, 0.25) is 10.4 Å². The molecule has 3 rings (SSSR count). The SMILES string of the molecule is COc1ccc(N(CCc2cnc(Cl)nc2Cl)C(=O)NCCc2ccccc2)cc1. The molecule has 3 aromatic rings. The standard InChI is InChI=1S/C22H22Cl2N4O2/c1-30-19-9-7-18(8-10-19)28(14-12-17-15-26-21(24)27-20(17)23)22(29)25-13-11-16-5-3-2-4-6-16/h2-10,15H,11-14H2,1H3,(H,25,29). The summed E-state index contributed by atoms with van der Waals surface area (Å²) in [4.78, 5) is 22.5. The Hall–Kier alpha value is -2.83. The van der Waals surface area contributed by atoms with Gasteiger partial charge in [0.25, 0.3) is 0 Å². The average molecular weight is 445 g/mol. The first kappa shape index (κ1) is 21.9. The number of aromatic nitrogens is 2. The fourth-order valence-electron chi connectivity index (χ4n) is 2.93. The fraction of sp³-hybridized carbons (Fsp3) is 0.227. The Labute approximate surface area is 185 Å². The lowest BCUT2D eigenvalue weighted by Crippen LogP contribution is -2.42. The summed E-state index contributed by atoms with van der Waals surface area (Å²) in [7, 11) is 1.60. The number of methoxy groups -OCH3 is 1. The number of carbonyl (C=O) groups excluding carboxylic acids is 1. The number of carbonyl (C=O) groups is 1. The molecule has 1 heterocycles. The van der Waals surface area contributed by atoms with Crippen LogP contribution in [-0.4, -0.2) is 36.2 Å². The van der Waals surface area contributed by atoms with Gasteiger partial charge in [0.05, 0.1) is 7.11 Å². The summed E-state index contributed by atoms with van der Waals surface area (Å²) in [6.45, 7) is 0.925. The first-order valence-corrected chi connectivity index (χ1v) is 10.2. The number of hydrogen-bond donors (Lipinski definition) is 1. The van der Waals surface area contributed by atoms with Crippen LogP contribution < -0.4 is 15.0 Å². The Morgan fingerprint density at radius 3 is 2.47 bits per heavy atom. The normalized spacial score (nSPS) is 10.5. The van der Waals surface area contributed by atoms with E-state index in [9.17, 15) is 4.79 Å². The highest BCUT2D eigenvalue weighted by Crippen LogP contribution is 2.21. The van der Waals surface area contributed by atoms with Crippen LogP contribution >= 0.6 is 23.2 Å². The van der Waals surface area contributed by atoms with E-state index in [2.05, 4.69) is 15.3 Å². The monoisotopic (exact) mass is 444 g/mol. The van der Waals surface area contributed by atoms with E-state index in [1.165, 1.54) is 5.56 Å². The van der Waals surface area contributed by atoms with Crippen molar-refractivity contribution in [2.24, 2.45) is 0 Å². The van der Waals surface area contributed by atoms with E-state index >= 15 is 0 Å². The molecule has 0 fully saturated rings. The molecule has 0 spiro atoms. The van der Waals surface area contributed by atoms with Crippen molar-refractivity contribution in [3.05, 3.63) is 82.4 Å². The molecule has 0 aliphatic heterocycles. The summed E-state index contributed by atoms with van der Waals surface area (Å²) in [5, 5.41) is 3.37. The van der Waals surface area contributed by atoms with Crippen molar-refractivity contribution in [2.45, 2.75) is 12.8 Å². The molecule has 2 aromatic carbocycles. The van der Waals surface area contributed by atoms with E-state index in [1.807, 2.05) is 54.6 Å². The van der Waals surface area contributed by atoms with E-state index in [-0.39, 0.29) is 16.5 Å². The van der Waals surface area contributed by atoms with Crippen molar-refractivity contribution < 1.29 is 9.53 Å². The molecule has 0 aliphatic carbocycles. The van der Waals surface area contributed by atoms with Crippen LogP contribution in [0.4, 0.5) is 10.5 Å². The molecule has 30 heavy (non-hydrogen) atoms. The van der Waals surface area contributed by atoms with Gasteiger partial charge in [0.1, 0.15) is 10.9 Å². The van der Waals surface area contributed by atoms with Gasteiger partial charge >= 0.3 is 6.03 Å². The van der Waals surface area contributed by atoms with Crippen molar-refractivity contribution in [2.75, 3.05) is 25.1 Å². The van der Waals surface area contributed by atoms with Gasteiger partial charge in [-0.3, -0.25) is 4.90 Å². The lowest BCUT2D eigenvalue weighted by Gasteiger charge is -2.24. The highest BCUT2D eigenvalue weighted by molar-refractivity contribution is 6.32. The van der Waals surface area contributed by atoms with Gasteiger partial charge in [-0.2, -0.15) is 0 Å². The maximum Gasteiger partial charge on any atom is 0.321 e. The second-order valence-corrected chi connectivity index (χ2v) is 7.22. The summed E-state index contributed by atoms with van der Waals surface area (Å²) < 4.78 is 5.21. The van der Waals surface area contributed by atoms with Crippen molar-refractivity contribution in [3.8, 4) is 5.75 Å². The second-order valence-electron chi connectivity index (χ2n) is 6.52. The molecule has 8 heteroatoms. The van der Waals surface area contributed by atoms with Crippen molar-refractivity contribution in [1.82, 2.24) is 15.3 Å². The van der Waals surface area contributed by atoms with Gasteiger partial charge in [0, 0.05) is 30.5 Å². The molecule has 1 N–H and O–H groups in total. The molecule has 0 saturated carbocycles. The van der Waals surface area contributed by atoms with Gasteiger partial charge in [0.15, 0.2) is 0 Å². The number of benzene rings is 2. The van der Waals surface area contributed by atoms with E-state index in [4.69, 9.17) is 27.9 Å². The predicted molar refractivity (Wildman–Crippen MR) is 120 cm³/mol. The molecule has 0 atom stereocenters. The topological polar surface area (TPSA) is 67.3 Å². The van der Waals surface area contributed by atoms with Crippen LogP contribution in [0.1, 0.15) is 11.1 Å². The third kappa shape index (κ3) is 6.08. The Balaban J connectivity index is 1.69. The lowest BCUT2D eigenvalue weighted by molar-refractivity contribution is 0.246. The third-order valence-electron chi connectivity index (χ3n) is 4.55. The largest absolute Gasteiger partial charge is 0.497 e. The number of urea groups is 1. The Morgan fingerprint density at radius 2 is 1.80 bits per heavy atom. The van der Waals surface area contributed by atoms with Gasteiger partial charge in [-0.25, -0.2) is 14.8 Å². The fourth-order valence-corrected chi connectivity index (χ4v) is 3.33. The maximum atomic E-state index is 12.9. The molecule has 0 saturated heterocycles. The van der Waals surface area contributed by atoms with Crippen LogP contribution in [-0.2, 0) is 12.8 Å². The summed E-state index contributed by atoms with van der Waals surface area (Å²) in [5.74, 6) is 0.720. The number of amides is 2. The van der Waals surface area contributed by atoms with E-state index in [1.54, 1.807) is 18.2 Å². The minimum absolute atomic E-state index is 0.0921. The minimum atomic E-state index is -0.192. The number of halogens is 2. The molecule has 0 aliphatic rings. The van der Waals surface area contributed by atoms with Crippen molar-refractivity contribution in [1.29, 1.82) is 0 Å². The molecule has 2 amide bonds. The number of hydrogen-bond acceptors (Lipinski definition) is 4. The quantitative estimate of drug-likeness (QED) is 0.400. The minimum Gasteiger partial charge on any atom is -0.497 e. The van der Waals surface area contributed by atoms with Crippen molar-refractivity contribution in [3.63, 3.8) is 0 Å². The Kier molecular flexibility index (Phi) is 7.88. The zero-order valence-electron chi connectivity index (χ0n) is 16.5. The molecule has 156 valence electrons. The maximum absolute atomic E-state index is 12.9. The zero-order chi connectivity index (χ0) is 21.3. The Morgan fingerprint density at radius 1 is 1.07 bits per heavy atom. The van der Waals surface area contributed by atoms with Gasteiger partial charge in [-0.1, -0.05) is 41.9 Å². The highest BCUT2D eigenvalue weighted by atomic mass is 35.5. The van der Waals surface area contributed by atoms with Gasteiger partial charge < -0.3 is 10.1 Å². The predicted octanol–water partition coefficient (Wildman–Crippen LogP) is 4.79.